The van der Waals surface area contributed by atoms with Crippen LogP contribution >= 0.6 is 0 Å². The van der Waals surface area contributed by atoms with Crippen molar-refractivity contribution in [1.29, 1.82) is 0 Å². The van der Waals surface area contributed by atoms with E-state index >= 15 is 0 Å². The van der Waals surface area contributed by atoms with E-state index in [0.29, 0.717) is 0 Å². The molecule has 1 aromatic heterocycles. The molecule has 0 aliphatic carbocycles. The van der Waals surface area contributed by atoms with Crippen LogP contribution in [0.3, 0.4) is 0 Å². The van der Waals surface area contributed by atoms with E-state index in [1.165, 1.54) is 36.9 Å². The molecule has 2 bridgehead atoms. The Morgan fingerprint density at radius 3 is 2.58 bits per heavy atom. The topological polar surface area (TPSA) is 33.1 Å². The van der Waals surface area contributed by atoms with Gasteiger partial charge in [-0.3, -0.25) is 9.58 Å². The summed E-state index contributed by atoms with van der Waals surface area (Å²) in [7, 11) is 2.01. The minimum absolute atomic E-state index is 0.753. The van der Waals surface area contributed by atoms with Gasteiger partial charge in [-0.2, -0.15) is 5.10 Å². The van der Waals surface area contributed by atoms with E-state index in [2.05, 4.69) is 35.4 Å². The number of aryl methyl sites for hydroxylation is 2. The molecule has 2 atom stereocenters. The second kappa shape index (κ2) is 5.25. The van der Waals surface area contributed by atoms with Gasteiger partial charge in [0.2, 0.25) is 0 Å². The summed E-state index contributed by atoms with van der Waals surface area (Å²) < 4.78 is 1.94. The van der Waals surface area contributed by atoms with Crippen LogP contribution in [-0.2, 0) is 13.6 Å². The zero-order valence-corrected chi connectivity index (χ0v) is 12.4. The average molecular weight is 262 g/mol. The second-order valence-electron chi connectivity index (χ2n) is 6.24. The predicted octanol–water partition coefficient (Wildman–Crippen LogP) is 1.83. The molecule has 2 fully saturated rings. The molecule has 0 radical (unpaired) electrons. The van der Waals surface area contributed by atoms with E-state index in [9.17, 15) is 0 Å². The number of rotatable bonds is 4. The van der Waals surface area contributed by atoms with Crippen LogP contribution in [0, 0.1) is 6.92 Å². The fourth-order valence-corrected chi connectivity index (χ4v) is 3.85. The quantitative estimate of drug-likeness (QED) is 0.899. The van der Waals surface area contributed by atoms with Crippen LogP contribution in [0.25, 0.3) is 0 Å². The Bertz CT molecular complexity index is 427. The van der Waals surface area contributed by atoms with Crippen molar-refractivity contribution in [1.82, 2.24) is 20.0 Å². The Hall–Kier alpha value is -0.870. The van der Waals surface area contributed by atoms with Crippen LogP contribution in [-0.4, -0.2) is 39.4 Å². The minimum Gasteiger partial charge on any atom is -0.311 e. The summed E-state index contributed by atoms with van der Waals surface area (Å²) in [6.07, 6.45) is 7.58. The highest BCUT2D eigenvalue weighted by atomic mass is 15.3. The fraction of sp³-hybridized carbons (Fsp3) is 0.800. The third-order valence-corrected chi connectivity index (χ3v) is 4.86. The van der Waals surface area contributed by atoms with Gasteiger partial charge in [0, 0.05) is 43.5 Å². The third-order valence-electron chi connectivity index (χ3n) is 4.86. The molecular weight excluding hydrogens is 236 g/mol. The highest BCUT2D eigenvalue weighted by Crippen LogP contribution is 2.30. The van der Waals surface area contributed by atoms with Crippen molar-refractivity contribution in [2.45, 2.75) is 64.2 Å². The van der Waals surface area contributed by atoms with Gasteiger partial charge in [0.25, 0.3) is 0 Å². The maximum atomic E-state index is 4.46. The number of hydrogen-bond acceptors (Lipinski definition) is 3. The van der Waals surface area contributed by atoms with E-state index < -0.39 is 0 Å². The maximum absolute atomic E-state index is 4.46. The summed E-state index contributed by atoms with van der Waals surface area (Å²) in [4.78, 5) is 2.65. The van der Waals surface area contributed by atoms with Crippen molar-refractivity contribution in [3.05, 3.63) is 17.5 Å². The smallest absolute Gasteiger partial charge is 0.0638 e. The van der Waals surface area contributed by atoms with Crippen molar-refractivity contribution >= 4 is 0 Å². The molecule has 3 rings (SSSR count). The summed E-state index contributed by atoms with van der Waals surface area (Å²) in [5.74, 6) is 0. The van der Waals surface area contributed by atoms with Gasteiger partial charge in [0.05, 0.1) is 5.69 Å². The Morgan fingerprint density at radius 1 is 1.37 bits per heavy atom. The SMILES string of the molecule is CCN(Cc1cn(C)nc1C)C1CC2CCC(C1)N2. The van der Waals surface area contributed by atoms with Crippen molar-refractivity contribution in [3.8, 4) is 0 Å². The number of fused-ring (bicyclic) bond motifs is 2. The number of piperidine rings is 1. The number of nitrogens with one attached hydrogen (secondary N) is 1. The van der Waals surface area contributed by atoms with Gasteiger partial charge in [0.15, 0.2) is 0 Å². The van der Waals surface area contributed by atoms with Crippen LogP contribution in [0.4, 0.5) is 0 Å². The molecule has 1 aromatic rings. The highest BCUT2D eigenvalue weighted by molar-refractivity contribution is 5.15. The third kappa shape index (κ3) is 2.70. The number of nitrogens with zero attached hydrogens (tertiary/aromatic N) is 3. The molecule has 4 nitrogen and oxygen atoms in total. The molecule has 0 saturated carbocycles. The van der Waals surface area contributed by atoms with Crippen LogP contribution in [0.5, 0.6) is 0 Å². The van der Waals surface area contributed by atoms with Crippen LogP contribution in [0.1, 0.15) is 43.9 Å². The molecule has 2 aliphatic rings. The van der Waals surface area contributed by atoms with Gasteiger partial charge < -0.3 is 5.32 Å². The molecule has 106 valence electrons. The second-order valence-corrected chi connectivity index (χ2v) is 6.24. The Labute approximate surface area is 116 Å². The molecule has 2 aliphatic heterocycles. The number of hydrogen-bond donors (Lipinski definition) is 1. The summed E-state index contributed by atoms with van der Waals surface area (Å²) in [5.41, 5.74) is 2.56. The highest BCUT2D eigenvalue weighted by Gasteiger charge is 2.35. The van der Waals surface area contributed by atoms with Crippen molar-refractivity contribution in [3.63, 3.8) is 0 Å². The average Bonchev–Trinajstić information content (AvgIpc) is 2.88. The largest absolute Gasteiger partial charge is 0.311 e. The van der Waals surface area contributed by atoms with E-state index in [4.69, 9.17) is 0 Å². The molecule has 19 heavy (non-hydrogen) atoms. The van der Waals surface area contributed by atoms with Gasteiger partial charge in [-0.1, -0.05) is 6.92 Å². The van der Waals surface area contributed by atoms with Crippen molar-refractivity contribution < 1.29 is 0 Å². The van der Waals surface area contributed by atoms with E-state index in [0.717, 1.165) is 31.2 Å². The zero-order valence-electron chi connectivity index (χ0n) is 12.4. The lowest BCUT2D eigenvalue weighted by atomic mass is 9.97. The summed E-state index contributed by atoms with van der Waals surface area (Å²) in [5, 5.41) is 8.20. The van der Waals surface area contributed by atoms with Crippen LogP contribution < -0.4 is 5.32 Å². The van der Waals surface area contributed by atoms with Crippen molar-refractivity contribution in [2.24, 2.45) is 7.05 Å². The first-order chi connectivity index (χ1) is 9.15. The van der Waals surface area contributed by atoms with Gasteiger partial charge >= 0.3 is 0 Å². The Balaban J connectivity index is 1.69. The molecular formula is C15H26N4. The first-order valence-electron chi connectivity index (χ1n) is 7.65. The Morgan fingerprint density at radius 2 is 2.05 bits per heavy atom. The van der Waals surface area contributed by atoms with Crippen molar-refractivity contribution in [2.75, 3.05) is 6.54 Å². The lowest BCUT2D eigenvalue weighted by molar-refractivity contribution is 0.140. The Kier molecular flexibility index (Phi) is 3.63. The van der Waals surface area contributed by atoms with Gasteiger partial charge in [-0.15, -0.1) is 0 Å². The van der Waals surface area contributed by atoms with Crippen LogP contribution in [0.15, 0.2) is 6.20 Å². The molecule has 0 aromatic carbocycles. The zero-order chi connectivity index (χ0) is 13.4. The summed E-state index contributed by atoms with van der Waals surface area (Å²) in [6.45, 7) is 6.60. The molecule has 2 unspecified atom stereocenters. The summed E-state index contributed by atoms with van der Waals surface area (Å²) >= 11 is 0. The predicted molar refractivity (Wildman–Crippen MR) is 77.0 cm³/mol. The van der Waals surface area contributed by atoms with Crippen LogP contribution in [0.2, 0.25) is 0 Å². The first kappa shape index (κ1) is 13.1. The normalized spacial score (nSPS) is 30.2. The molecule has 3 heterocycles. The summed E-state index contributed by atoms with van der Waals surface area (Å²) in [6, 6.07) is 2.30. The molecule has 1 N–H and O–H groups in total. The van der Waals surface area contributed by atoms with Gasteiger partial charge in [-0.05, 0) is 39.2 Å². The lowest BCUT2D eigenvalue weighted by Gasteiger charge is -2.37. The van der Waals surface area contributed by atoms with E-state index in [1.807, 2.05) is 11.7 Å². The number of aromatic nitrogens is 2. The minimum atomic E-state index is 0.753. The molecule has 0 spiro atoms. The van der Waals surface area contributed by atoms with E-state index in [1.54, 1.807) is 0 Å². The lowest BCUT2D eigenvalue weighted by Crippen LogP contribution is -2.47. The molecule has 4 heteroatoms. The molecule has 0 amide bonds. The van der Waals surface area contributed by atoms with Gasteiger partial charge in [0.1, 0.15) is 0 Å². The maximum Gasteiger partial charge on any atom is 0.0638 e. The monoisotopic (exact) mass is 262 g/mol. The first-order valence-corrected chi connectivity index (χ1v) is 7.65. The fourth-order valence-electron chi connectivity index (χ4n) is 3.85. The molecule has 2 saturated heterocycles. The van der Waals surface area contributed by atoms with E-state index in [-0.39, 0.29) is 0 Å². The standard InChI is InChI=1S/C15H26N4/c1-4-19(10-12-9-18(3)17-11(12)2)15-7-13-5-6-14(8-15)16-13/h9,13-16H,4-8,10H2,1-3H3. The van der Waals surface area contributed by atoms with Gasteiger partial charge in [-0.25, -0.2) is 0 Å².